The third-order valence-electron chi connectivity index (χ3n) is 1.56. The molecule has 0 spiro atoms. The standard InChI is InChI=1S/C9H14N2O3/c1-3-13-9(12)4-5-14-8-6-10-11(2)7-8/h6-7H,3-5H2,1-2H3. The van der Waals surface area contributed by atoms with Crippen LogP contribution in [0, 0.1) is 0 Å². The minimum Gasteiger partial charge on any atom is -0.490 e. The first-order valence-electron chi connectivity index (χ1n) is 4.49. The molecule has 1 heterocycles. The van der Waals surface area contributed by atoms with Crippen molar-refractivity contribution in [3.63, 3.8) is 0 Å². The zero-order valence-corrected chi connectivity index (χ0v) is 8.40. The van der Waals surface area contributed by atoms with E-state index in [0.717, 1.165) is 0 Å². The second kappa shape index (κ2) is 5.26. The molecule has 0 aliphatic carbocycles. The first kappa shape index (κ1) is 10.6. The van der Waals surface area contributed by atoms with E-state index in [1.165, 1.54) is 0 Å². The molecule has 0 aromatic carbocycles. The number of carbonyl (C=O) groups is 1. The van der Waals surface area contributed by atoms with E-state index < -0.39 is 0 Å². The summed E-state index contributed by atoms with van der Waals surface area (Å²) < 4.78 is 11.6. The van der Waals surface area contributed by atoms with Gasteiger partial charge in [-0.3, -0.25) is 9.48 Å². The van der Waals surface area contributed by atoms with Crippen LogP contribution in [0.25, 0.3) is 0 Å². The number of ether oxygens (including phenoxy) is 2. The number of aryl methyl sites for hydroxylation is 1. The molecule has 5 heteroatoms. The first-order valence-corrected chi connectivity index (χ1v) is 4.49. The van der Waals surface area contributed by atoms with Crippen molar-refractivity contribution < 1.29 is 14.3 Å². The lowest BCUT2D eigenvalue weighted by molar-refractivity contribution is -0.143. The molecular weight excluding hydrogens is 184 g/mol. The smallest absolute Gasteiger partial charge is 0.309 e. The minimum absolute atomic E-state index is 0.239. The topological polar surface area (TPSA) is 53.4 Å². The monoisotopic (exact) mass is 198 g/mol. The Morgan fingerprint density at radius 1 is 1.64 bits per heavy atom. The summed E-state index contributed by atoms with van der Waals surface area (Å²) in [5.74, 6) is 0.424. The molecule has 0 bridgehead atoms. The van der Waals surface area contributed by atoms with E-state index >= 15 is 0 Å². The molecule has 0 radical (unpaired) electrons. The molecule has 0 N–H and O–H groups in total. The summed E-state index contributed by atoms with van der Waals surface area (Å²) >= 11 is 0. The van der Waals surface area contributed by atoms with Gasteiger partial charge in [0.25, 0.3) is 0 Å². The van der Waals surface area contributed by atoms with Crippen LogP contribution in [0.15, 0.2) is 12.4 Å². The maximum Gasteiger partial charge on any atom is 0.309 e. The molecule has 1 aromatic heterocycles. The summed E-state index contributed by atoms with van der Waals surface area (Å²) in [6.45, 7) is 2.51. The van der Waals surface area contributed by atoms with E-state index in [0.29, 0.717) is 19.0 Å². The summed E-state index contributed by atoms with van der Waals surface area (Å²) in [5, 5.41) is 3.93. The highest BCUT2D eigenvalue weighted by Gasteiger charge is 2.02. The molecule has 0 saturated carbocycles. The number of esters is 1. The second-order valence-corrected chi connectivity index (χ2v) is 2.75. The van der Waals surface area contributed by atoms with E-state index in [1.54, 1.807) is 31.0 Å². The van der Waals surface area contributed by atoms with Gasteiger partial charge in [0, 0.05) is 7.05 Å². The Hall–Kier alpha value is -1.52. The number of hydrogen-bond acceptors (Lipinski definition) is 4. The molecule has 0 amide bonds. The first-order chi connectivity index (χ1) is 6.72. The molecule has 0 aliphatic heterocycles. The largest absolute Gasteiger partial charge is 0.490 e. The highest BCUT2D eigenvalue weighted by atomic mass is 16.5. The molecular formula is C9H14N2O3. The van der Waals surface area contributed by atoms with Crippen molar-refractivity contribution in [3.8, 4) is 5.75 Å². The van der Waals surface area contributed by atoms with E-state index in [9.17, 15) is 4.79 Å². The Labute approximate surface area is 82.6 Å². The fourth-order valence-corrected chi connectivity index (χ4v) is 0.959. The minimum atomic E-state index is -0.239. The van der Waals surface area contributed by atoms with E-state index in [-0.39, 0.29) is 12.4 Å². The number of rotatable bonds is 5. The Balaban J connectivity index is 2.18. The van der Waals surface area contributed by atoms with E-state index in [1.807, 2.05) is 0 Å². The normalized spacial score (nSPS) is 9.86. The number of hydrogen-bond donors (Lipinski definition) is 0. The molecule has 1 rings (SSSR count). The van der Waals surface area contributed by atoms with Crippen molar-refractivity contribution in [2.75, 3.05) is 13.2 Å². The van der Waals surface area contributed by atoms with Crippen LogP contribution in [0.2, 0.25) is 0 Å². The summed E-state index contributed by atoms with van der Waals surface area (Å²) in [5.41, 5.74) is 0. The maximum atomic E-state index is 10.9. The summed E-state index contributed by atoms with van der Waals surface area (Å²) in [4.78, 5) is 10.9. The van der Waals surface area contributed by atoms with Crippen molar-refractivity contribution in [1.29, 1.82) is 0 Å². The summed E-state index contributed by atoms with van der Waals surface area (Å²) in [6, 6.07) is 0. The van der Waals surface area contributed by atoms with Gasteiger partial charge in [-0.05, 0) is 6.92 Å². The molecule has 0 atom stereocenters. The predicted molar refractivity (Wildman–Crippen MR) is 50.0 cm³/mol. The van der Waals surface area contributed by atoms with Gasteiger partial charge >= 0.3 is 5.97 Å². The van der Waals surface area contributed by atoms with Gasteiger partial charge in [0.05, 0.1) is 32.0 Å². The van der Waals surface area contributed by atoms with Gasteiger partial charge in [-0.15, -0.1) is 0 Å². The van der Waals surface area contributed by atoms with Crippen molar-refractivity contribution in [1.82, 2.24) is 9.78 Å². The van der Waals surface area contributed by atoms with Crippen LogP contribution in [0.3, 0.4) is 0 Å². The third kappa shape index (κ3) is 3.47. The highest BCUT2D eigenvalue weighted by molar-refractivity contribution is 5.69. The fraction of sp³-hybridized carbons (Fsp3) is 0.556. The maximum absolute atomic E-state index is 10.9. The average Bonchev–Trinajstić information content (AvgIpc) is 2.52. The summed E-state index contributed by atoms with van der Waals surface area (Å²) in [6.07, 6.45) is 3.61. The number of nitrogens with zero attached hydrogens (tertiary/aromatic N) is 2. The van der Waals surface area contributed by atoms with E-state index in [2.05, 4.69) is 5.10 Å². The molecule has 14 heavy (non-hydrogen) atoms. The summed E-state index contributed by atoms with van der Waals surface area (Å²) in [7, 11) is 1.80. The lowest BCUT2D eigenvalue weighted by Crippen LogP contribution is -2.09. The lowest BCUT2D eigenvalue weighted by Gasteiger charge is -2.02. The molecule has 0 unspecified atom stereocenters. The van der Waals surface area contributed by atoms with Gasteiger partial charge in [0.2, 0.25) is 0 Å². The molecule has 5 nitrogen and oxygen atoms in total. The Morgan fingerprint density at radius 2 is 2.43 bits per heavy atom. The van der Waals surface area contributed by atoms with Gasteiger partial charge in [0.15, 0.2) is 5.75 Å². The fourth-order valence-electron chi connectivity index (χ4n) is 0.959. The van der Waals surface area contributed by atoms with Gasteiger partial charge in [0.1, 0.15) is 0 Å². The van der Waals surface area contributed by atoms with Gasteiger partial charge in [-0.1, -0.05) is 0 Å². The van der Waals surface area contributed by atoms with Crippen LogP contribution in [-0.2, 0) is 16.6 Å². The predicted octanol–water partition coefficient (Wildman–Crippen LogP) is 0.752. The third-order valence-corrected chi connectivity index (χ3v) is 1.56. The van der Waals surface area contributed by atoms with Crippen LogP contribution in [0.4, 0.5) is 0 Å². The zero-order valence-electron chi connectivity index (χ0n) is 8.40. The Kier molecular flexibility index (Phi) is 3.97. The zero-order chi connectivity index (χ0) is 10.4. The lowest BCUT2D eigenvalue weighted by atomic mass is 10.4. The molecule has 0 aliphatic rings. The Bertz CT molecular complexity index is 296. The molecule has 0 saturated heterocycles. The van der Waals surface area contributed by atoms with Crippen LogP contribution >= 0.6 is 0 Å². The van der Waals surface area contributed by atoms with Crippen LogP contribution in [-0.4, -0.2) is 29.0 Å². The van der Waals surface area contributed by atoms with Crippen molar-refractivity contribution in [2.24, 2.45) is 7.05 Å². The highest BCUT2D eigenvalue weighted by Crippen LogP contribution is 2.06. The van der Waals surface area contributed by atoms with Crippen LogP contribution < -0.4 is 4.74 Å². The molecule has 78 valence electrons. The Morgan fingerprint density at radius 3 is 3.00 bits per heavy atom. The quantitative estimate of drug-likeness (QED) is 0.655. The van der Waals surface area contributed by atoms with Gasteiger partial charge < -0.3 is 9.47 Å². The second-order valence-electron chi connectivity index (χ2n) is 2.75. The van der Waals surface area contributed by atoms with Crippen LogP contribution in [0.5, 0.6) is 5.75 Å². The van der Waals surface area contributed by atoms with E-state index in [4.69, 9.17) is 9.47 Å². The van der Waals surface area contributed by atoms with Crippen molar-refractivity contribution in [2.45, 2.75) is 13.3 Å². The van der Waals surface area contributed by atoms with Gasteiger partial charge in [-0.25, -0.2) is 0 Å². The number of carbonyl (C=O) groups excluding carboxylic acids is 1. The van der Waals surface area contributed by atoms with Gasteiger partial charge in [-0.2, -0.15) is 5.10 Å². The van der Waals surface area contributed by atoms with Crippen molar-refractivity contribution in [3.05, 3.63) is 12.4 Å². The number of aromatic nitrogens is 2. The van der Waals surface area contributed by atoms with Crippen molar-refractivity contribution >= 4 is 5.97 Å². The van der Waals surface area contributed by atoms with Crippen LogP contribution in [0.1, 0.15) is 13.3 Å². The SMILES string of the molecule is CCOC(=O)CCOc1cnn(C)c1. The molecule has 1 aromatic rings. The average molecular weight is 198 g/mol. The molecule has 0 fully saturated rings.